The number of rotatable bonds is 3. The molecule has 0 aliphatic heterocycles. The molecule has 0 spiro atoms. The van der Waals surface area contributed by atoms with E-state index in [4.69, 9.17) is 0 Å². The van der Waals surface area contributed by atoms with Crippen LogP contribution in [0.5, 0.6) is 0 Å². The Morgan fingerprint density at radius 1 is 1.00 bits per heavy atom. The van der Waals surface area contributed by atoms with Crippen LogP contribution in [0.3, 0.4) is 0 Å². The number of hydrogen-bond donors (Lipinski definition) is 1. The van der Waals surface area contributed by atoms with Crippen molar-refractivity contribution in [2.45, 2.75) is 76.4 Å². The number of nitrogens with zero attached hydrogens (tertiary/aromatic N) is 1. The first kappa shape index (κ1) is 13.4. The molecule has 0 amide bonds. The van der Waals surface area contributed by atoms with E-state index in [1.165, 1.54) is 51.4 Å². The van der Waals surface area contributed by atoms with Crippen LogP contribution in [0.1, 0.15) is 58.3 Å². The van der Waals surface area contributed by atoms with Crippen LogP contribution in [0.15, 0.2) is 0 Å². The highest BCUT2D eigenvalue weighted by Gasteiger charge is 2.32. The lowest BCUT2D eigenvalue weighted by atomic mass is 9.83. The molecule has 2 rings (SSSR count). The van der Waals surface area contributed by atoms with E-state index in [9.17, 15) is 0 Å². The molecule has 2 fully saturated rings. The fourth-order valence-electron chi connectivity index (χ4n) is 3.98. The summed E-state index contributed by atoms with van der Waals surface area (Å²) in [6, 6.07) is 2.35. The molecule has 0 aromatic rings. The predicted octanol–water partition coefficient (Wildman–Crippen LogP) is 3.03. The van der Waals surface area contributed by atoms with Gasteiger partial charge in [-0.3, -0.25) is 4.90 Å². The van der Waals surface area contributed by atoms with Gasteiger partial charge in [-0.05, 0) is 45.7 Å². The molecule has 4 unspecified atom stereocenters. The maximum Gasteiger partial charge on any atom is 0.0249 e. The lowest BCUT2D eigenvalue weighted by Gasteiger charge is -2.44. The average Bonchev–Trinajstić information content (AvgIpc) is 2.38. The molecular formula is C15H30N2. The van der Waals surface area contributed by atoms with Gasteiger partial charge in [-0.25, -0.2) is 0 Å². The summed E-state index contributed by atoms with van der Waals surface area (Å²) in [6.07, 6.45) is 11.3. The van der Waals surface area contributed by atoms with Gasteiger partial charge in [-0.1, -0.05) is 32.6 Å². The lowest BCUT2D eigenvalue weighted by molar-refractivity contribution is 0.0765. The first-order chi connectivity index (χ1) is 8.22. The van der Waals surface area contributed by atoms with Gasteiger partial charge in [0.05, 0.1) is 0 Å². The van der Waals surface area contributed by atoms with Crippen molar-refractivity contribution in [3.8, 4) is 0 Å². The maximum atomic E-state index is 3.54. The molecule has 2 saturated carbocycles. The molecule has 0 heterocycles. The van der Waals surface area contributed by atoms with Crippen LogP contribution >= 0.6 is 0 Å². The Balaban J connectivity index is 1.94. The van der Waals surface area contributed by atoms with E-state index >= 15 is 0 Å². The van der Waals surface area contributed by atoms with Crippen molar-refractivity contribution in [2.75, 3.05) is 14.1 Å². The minimum Gasteiger partial charge on any atom is -0.315 e. The zero-order valence-corrected chi connectivity index (χ0v) is 11.9. The minimum absolute atomic E-state index is 0.728. The van der Waals surface area contributed by atoms with Gasteiger partial charge in [0.2, 0.25) is 0 Å². The van der Waals surface area contributed by atoms with Gasteiger partial charge in [0.15, 0.2) is 0 Å². The quantitative estimate of drug-likeness (QED) is 0.813. The highest BCUT2D eigenvalue weighted by Crippen LogP contribution is 2.31. The Kier molecular flexibility index (Phi) is 4.87. The second-order valence-electron chi connectivity index (χ2n) is 6.34. The number of nitrogens with one attached hydrogen (secondary N) is 1. The molecule has 0 radical (unpaired) electrons. The summed E-state index contributed by atoms with van der Waals surface area (Å²) in [5.41, 5.74) is 0. The largest absolute Gasteiger partial charge is 0.315 e. The molecule has 2 aliphatic carbocycles. The second kappa shape index (κ2) is 6.19. The van der Waals surface area contributed by atoms with Gasteiger partial charge < -0.3 is 5.32 Å². The summed E-state index contributed by atoms with van der Waals surface area (Å²) in [6.45, 7) is 2.43. The van der Waals surface area contributed by atoms with Crippen LogP contribution in [-0.2, 0) is 0 Å². The van der Waals surface area contributed by atoms with E-state index in [1.54, 1.807) is 0 Å². The summed E-state index contributed by atoms with van der Waals surface area (Å²) in [4.78, 5) is 2.72. The first-order valence-electron chi connectivity index (χ1n) is 7.61. The van der Waals surface area contributed by atoms with E-state index in [-0.39, 0.29) is 0 Å². The molecule has 100 valence electrons. The smallest absolute Gasteiger partial charge is 0.0249 e. The Labute approximate surface area is 107 Å². The normalized spacial score (nSPS) is 39.5. The third kappa shape index (κ3) is 3.23. The molecule has 0 saturated heterocycles. The van der Waals surface area contributed by atoms with Crippen LogP contribution in [0.4, 0.5) is 0 Å². The van der Waals surface area contributed by atoms with E-state index in [0.29, 0.717) is 0 Å². The van der Waals surface area contributed by atoms with E-state index < -0.39 is 0 Å². The minimum atomic E-state index is 0.728. The molecule has 0 bridgehead atoms. The van der Waals surface area contributed by atoms with Crippen LogP contribution < -0.4 is 5.32 Å². The van der Waals surface area contributed by atoms with Gasteiger partial charge in [0.25, 0.3) is 0 Å². The van der Waals surface area contributed by atoms with Gasteiger partial charge in [-0.15, -0.1) is 0 Å². The Hall–Kier alpha value is -0.0800. The van der Waals surface area contributed by atoms with Crippen molar-refractivity contribution >= 4 is 0 Å². The summed E-state index contributed by atoms with van der Waals surface area (Å²) in [7, 11) is 4.52. The SMILES string of the molecule is CNC1CCCCC1N(C)C1CCCC(C)C1. The van der Waals surface area contributed by atoms with Crippen LogP contribution in [0, 0.1) is 5.92 Å². The maximum absolute atomic E-state index is 3.54. The van der Waals surface area contributed by atoms with Crippen LogP contribution in [0.25, 0.3) is 0 Å². The van der Waals surface area contributed by atoms with Crippen molar-refractivity contribution in [3.05, 3.63) is 0 Å². The van der Waals surface area contributed by atoms with Gasteiger partial charge in [-0.2, -0.15) is 0 Å². The summed E-state index contributed by atoms with van der Waals surface area (Å²) in [5.74, 6) is 0.938. The first-order valence-corrected chi connectivity index (χ1v) is 7.61. The Bertz CT molecular complexity index is 229. The lowest BCUT2D eigenvalue weighted by Crippen LogP contribution is -2.53. The fourth-order valence-corrected chi connectivity index (χ4v) is 3.98. The van der Waals surface area contributed by atoms with Crippen molar-refractivity contribution in [1.29, 1.82) is 0 Å². The highest BCUT2D eigenvalue weighted by molar-refractivity contribution is 4.90. The van der Waals surface area contributed by atoms with Crippen molar-refractivity contribution < 1.29 is 0 Å². The molecule has 4 atom stereocenters. The monoisotopic (exact) mass is 238 g/mol. The molecule has 0 aromatic heterocycles. The summed E-state index contributed by atoms with van der Waals surface area (Å²) in [5, 5.41) is 3.54. The van der Waals surface area contributed by atoms with E-state index in [0.717, 1.165) is 24.0 Å². The molecule has 17 heavy (non-hydrogen) atoms. The highest BCUT2D eigenvalue weighted by atomic mass is 15.2. The van der Waals surface area contributed by atoms with E-state index in [2.05, 4.69) is 31.2 Å². The van der Waals surface area contributed by atoms with Gasteiger partial charge >= 0.3 is 0 Å². The molecule has 2 aliphatic rings. The fraction of sp³-hybridized carbons (Fsp3) is 1.00. The topological polar surface area (TPSA) is 15.3 Å². The van der Waals surface area contributed by atoms with Gasteiger partial charge in [0.1, 0.15) is 0 Å². The molecule has 0 aromatic carbocycles. The Morgan fingerprint density at radius 2 is 1.76 bits per heavy atom. The summed E-state index contributed by atoms with van der Waals surface area (Å²) < 4.78 is 0. The van der Waals surface area contributed by atoms with Crippen molar-refractivity contribution in [3.63, 3.8) is 0 Å². The molecule has 2 nitrogen and oxygen atoms in total. The standard InChI is InChI=1S/C15H30N2/c1-12-7-6-8-13(11-12)17(3)15-10-5-4-9-14(15)16-2/h12-16H,4-11H2,1-3H3. The number of hydrogen-bond acceptors (Lipinski definition) is 2. The van der Waals surface area contributed by atoms with E-state index in [1.807, 2.05) is 0 Å². The summed E-state index contributed by atoms with van der Waals surface area (Å²) >= 11 is 0. The van der Waals surface area contributed by atoms with Crippen LogP contribution in [0.2, 0.25) is 0 Å². The zero-order valence-electron chi connectivity index (χ0n) is 11.9. The number of likely N-dealkylation sites (N-methyl/N-ethyl adjacent to an activating group) is 2. The predicted molar refractivity (Wildman–Crippen MR) is 74.3 cm³/mol. The second-order valence-corrected chi connectivity index (χ2v) is 6.34. The average molecular weight is 238 g/mol. The Morgan fingerprint density at radius 3 is 2.47 bits per heavy atom. The molecule has 1 N–H and O–H groups in total. The third-order valence-corrected chi connectivity index (χ3v) is 5.11. The van der Waals surface area contributed by atoms with Gasteiger partial charge in [0, 0.05) is 18.1 Å². The van der Waals surface area contributed by atoms with Crippen LogP contribution in [-0.4, -0.2) is 37.1 Å². The van der Waals surface area contributed by atoms with Crippen molar-refractivity contribution in [1.82, 2.24) is 10.2 Å². The zero-order chi connectivity index (χ0) is 12.3. The van der Waals surface area contributed by atoms with Crippen molar-refractivity contribution in [2.24, 2.45) is 5.92 Å². The molecule has 2 heteroatoms. The molecular weight excluding hydrogens is 208 g/mol. The third-order valence-electron chi connectivity index (χ3n) is 5.11.